The van der Waals surface area contributed by atoms with E-state index in [4.69, 9.17) is 5.11 Å². The third-order valence-electron chi connectivity index (χ3n) is 4.14. The topological polar surface area (TPSA) is 122 Å². The minimum Gasteiger partial charge on any atom is -0.481 e. The molecule has 3 N–H and O–H groups in total. The Morgan fingerprint density at radius 1 is 1.46 bits per heavy atom. The molecule has 0 spiro atoms. The Kier molecular flexibility index (Phi) is 4.27. The molecule has 0 atom stereocenters. The van der Waals surface area contributed by atoms with Crippen LogP contribution in [0.2, 0.25) is 0 Å². The van der Waals surface area contributed by atoms with Crippen LogP contribution in [0, 0.1) is 0 Å². The number of carboxylic acids is 1. The standard InChI is InChI=1S/C16H19N7O2S/c1-8(2)23-7-17-13-14(18-11-5-10(21-22-11)9-3-4-9)19-16(20-15(13)23)26-6-12(24)25/h5,7-9H,3-4,6H2,1-2H3,(H,24,25)(H2,18,19,20,21,22). The quantitative estimate of drug-likeness (QED) is 0.427. The summed E-state index contributed by atoms with van der Waals surface area (Å²) in [5.41, 5.74) is 2.42. The summed E-state index contributed by atoms with van der Waals surface area (Å²) in [4.78, 5) is 24.3. The number of aliphatic carboxylic acids is 1. The predicted octanol–water partition coefficient (Wildman–Crippen LogP) is 2.93. The molecule has 3 aromatic rings. The molecule has 1 aliphatic carbocycles. The molecule has 1 fully saturated rings. The van der Waals surface area contributed by atoms with Gasteiger partial charge in [0.25, 0.3) is 0 Å². The summed E-state index contributed by atoms with van der Waals surface area (Å²) in [6, 6.07) is 2.15. The van der Waals surface area contributed by atoms with Gasteiger partial charge in [-0.15, -0.1) is 0 Å². The molecule has 0 bridgehead atoms. The van der Waals surface area contributed by atoms with Crippen LogP contribution in [0.1, 0.15) is 44.3 Å². The molecule has 0 unspecified atom stereocenters. The highest BCUT2D eigenvalue weighted by atomic mass is 32.2. The number of aromatic nitrogens is 6. The molecule has 0 aromatic carbocycles. The Balaban J connectivity index is 1.71. The van der Waals surface area contributed by atoms with E-state index in [0.29, 0.717) is 33.9 Å². The summed E-state index contributed by atoms with van der Waals surface area (Å²) < 4.78 is 1.94. The van der Waals surface area contributed by atoms with E-state index in [0.717, 1.165) is 17.5 Å². The lowest BCUT2D eigenvalue weighted by Gasteiger charge is -2.09. The molecular formula is C16H19N7O2S. The molecule has 0 amide bonds. The van der Waals surface area contributed by atoms with Crippen LogP contribution < -0.4 is 5.32 Å². The van der Waals surface area contributed by atoms with Gasteiger partial charge in [0, 0.05) is 23.7 Å². The number of carboxylic acid groups (broad SMARTS) is 1. The van der Waals surface area contributed by atoms with E-state index >= 15 is 0 Å². The molecule has 26 heavy (non-hydrogen) atoms. The van der Waals surface area contributed by atoms with E-state index in [1.807, 2.05) is 24.5 Å². The largest absolute Gasteiger partial charge is 0.481 e. The van der Waals surface area contributed by atoms with Gasteiger partial charge in [-0.3, -0.25) is 9.89 Å². The van der Waals surface area contributed by atoms with E-state index in [-0.39, 0.29) is 11.8 Å². The van der Waals surface area contributed by atoms with Gasteiger partial charge in [0.2, 0.25) is 0 Å². The Morgan fingerprint density at radius 2 is 2.27 bits per heavy atom. The number of aromatic amines is 1. The molecule has 0 radical (unpaired) electrons. The van der Waals surface area contributed by atoms with Crippen LogP contribution in [0.3, 0.4) is 0 Å². The Labute approximate surface area is 153 Å². The maximum absolute atomic E-state index is 10.9. The highest BCUT2D eigenvalue weighted by Gasteiger charge is 2.26. The highest BCUT2D eigenvalue weighted by molar-refractivity contribution is 7.99. The second kappa shape index (κ2) is 6.60. The SMILES string of the molecule is CC(C)n1cnc2c(Nc3cc(C4CC4)[nH]n3)nc(SCC(=O)O)nc21. The first-order chi connectivity index (χ1) is 12.5. The first-order valence-corrected chi connectivity index (χ1v) is 9.41. The fourth-order valence-electron chi connectivity index (χ4n) is 2.68. The Morgan fingerprint density at radius 3 is 2.96 bits per heavy atom. The van der Waals surface area contributed by atoms with Gasteiger partial charge in [-0.25, -0.2) is 15.0 Å². The van der Waals surface area contributed by atoms with Crippen molar-refractivity contribution in [2.45, 2.75) is 43.8 Å². The number of nitrogens with one attached hydrogen (secondary N) is 2. The molecule has 3 aromatic heterocycles. The Hall–Kier alpha value is -2.62. The van der Waals surface area contributed by atoms with Crippen LogP contribution in [0.25, 0.3) is 11.2 Å². The van der Waals surface area contributed by atoms with Gasteiger partial charge >= 0.3 is 5.97 Å². The van der Waals surface area contributed by atoms with Crippen LogP contribution in [-0.2, 0) is 4.79 Å². The van der Waals surface area contributed by atoms with Gasteiger partial charge in [0.05, 0.1) is 12.1 Å². The minimum absolute atomic E-state index is 0.102. The zero-order chi connectivity index (χ0) is 18.3. The average molecular weight is 373 g/mol. The number of anilines is 2. The molecule has 0 saturated heterocycles. The van der Waals surface area contributed by atoms with E-state index < -0.39 is 5.97 Å². The van der Waals surface area contributed by atoms with Gasteiger partial charge in [0.15, 0.2) is 28.0 Å². The molecule has 1 saturated carbocycles. The van der Waals surface area contributed by atoms with E-state index in [1.165, 1.54) is 12.8 Å². The molecule has 136 valence electrons. The first-order valence-electron chi connectivity index (χ1n) is 8.42. The fraction of sp³-hybridized carbons (Fsp3) is 0.438. The van der Waals surface area contributed by atoms with Crippen LogP contribution in [-0.4, -0.2) is 46.5 Å². The molecular weight excluding hydrogens is 354 g/mol. The zero-order valence-electron chi connectivity index (χ0n) is 14.4. The van der Waals surface area contributed by atoms with Crippen molar-refractivity contribution in [3.05, 3.63) is 18.1 Å². The average Bonchev–Trinajstić information content (AvgIpc) is 3.18. The second-order valence-corrected chi connectivity index (χ2v) is 7.51. The monoisotopic (exact) mass is 373 g/mol. The van der Waals surface area contributed by atoms with Crippen molar-refractivity contribution in [3.63, 3.8) is 0 Å². The summed E-state index contributed by atoms with van der Waals surface area (Å²) in [6.07, 6.45) is 4.10. The highest BCUT2D eigenvalue weighted by Crippen LogP contribution is 2.39. The van der Waals surface area contributed by atoms with Crippen molar-refractivity contribution >= 4 is 40.5 Å². The fourth-order valence-corrected chi connectivity index (χ4v) is 3.24. The van der Waals surface area contributed by atoms with Gasteiger partial charge in [-0.2, -0.15) is 5.10 Å². The summed E-state index contributed by atoms with van der Waals surface area (Å²) >= 11 is 1.08. The number of H-pyrrole nitrogens is 1. The third kappa shape index (κ3) is 3.36. The van der Waals surface area contributed by atoms with Crippen molar-refractivity contribution < 1.29 is 9.90 Å². The van der Waals surface area contributed by atoms with Crippen molar-refractivity contribution in [2.24, 2.45) is 0 Å². The zero-order valence-corrected chi connectivity index (χ0v) is 15.2. The maximum atomic E-state index is 10.9. The number of carbonyl (C=O) groups is 1. The summed E-state index contributed by atoms with van der Waals surface area (Å²) in [7, 11) is 0. The number of fused-ring (bicyclic) bond motifs is 1. The van der Waals surface area contributed by atoms with Crippen molar-refractivity contribution in [1.82, 2.24) is 29.7 Å². The van der Waals surface area contributed by atoms with Crippen molar-refractivity contribution in [2.75, 3.05) is 11.1 Å². The first kappa shape index (κ1) is 16.8. The van der Waals surface area contributed by atoms with Crippen molar-refractivity contribution in [3.8, 4) is 0 Å². The summed E-state index contributed by atoms with van der Waals surface area (Å²) in [6.45, 7) is 4.08. The molecule has 0 aliphatic heterocycles. The van der Waals surface area contributed by atoms with E-state index in [2.05, 4.69) is 30.5 Å². The minimum atomic E-state index is -0.910. The molecule has 3 heterocycles. The van der Waals surface area contributed by atoms with Gasteiger partial charge in [0.1, 0.15) is 0 Å². The summed E-state index contributed by atoms with van der Waals surface area (Å²) in [5.74, 6) is 0.753. The maximum Gasteiger partial charge on any atom is 0.313 e. The lowest BCUT2D eigenvalue weighted by molar-refractivity contribution is -0.133. The number of hydrogen-bond donors (Lipinski definition) is 3. The van der Waals surface area contributed by atoms with Crippen LogP contribution in [0.5, 0.6) is 0 Å². The number of rotatable bonds is 7. The smallest absolute Gasteiger partial charge is 0.313 e. The van der Waals surface area contributed by atoms with Crippen LogP contribution >= 0.6 is 11.8 Å². The normalized spacial score (nSPS) is 14.3. The van der Waals surface area contributed by atoms with Crippen LogP contribution in [0.4, 0.5) is 11.6 Å². The van der Waals surface area contributed by atoms with Gasteiger partial charge < -0.3 is 15.0 Å². The van der Waals surface area contributed by atoms with Crippen molar-refractivity contribution in [1.29, 1.82) is 0 Å². The molecule has 1 aliphatic rings. The second-order valence-electron chi connectivity index (χ2n) is 6.56. The molecule has 4 rings (SSSR count). The summed E-state index contributed by atoms with van der Waals surface area (Å²) in [5, 5.41) is 19.9. The van der Waals surface area contributed by atoms with E-state index in [9.17, 15) is 4.79 Å². The number of nitrogens with zero attached hydrogens (tertiary/aromatic N) is 5. The predicted molar refractivity (Wildman–Crippen MR) is 97.9 cm³/mol. The third-order valence-corrected chi connectivity index (χ3v) is 4.98. The number of thioether (sulfide) groups is 1. The van der Waals surface area contributed by atoms with Gasteiger partial charge in [-0.05, 0) is 26.7 Å². The van der Waals surface area contributed by atoms with Gasteiger partial charge in [-0.1, -0.05) is 11.8 Å². The lowest BCUT2D eigenvalue weighted by Crippen LogP contribution is -2.05. The number of hydrogen-bond acceptors (Lipinski definition) is 7. The molecule has 9 nitrogen and oxygen atoms in total. The van der Waals surface area contributed by atoms with E-state index in [1.54, 1.807) is 6.33 Å². The molecule has 10 heteroatoms. The van der Waals surface area contributed by atoms with Crippen LogP contribution in [0.15, 0.2) is 17.6 Å². The number of imidazole rings is 1. The lowest BCUT2D eigenvalue weighted by atomic mass is 10.3. The Bertz CT molecular complexity index is 961.